The number of hydrogen-bond acceptors (Lipinski definition) is 2. The Balaban J connectivity index is 0.000000173. The standard InChI is InChI=1S/2C18H14O.2ClH.Ti/c2*19-18-16(14-8-3-1-4-9-14)12-7-13-17(18)15-10-5-2-6-11-15;;;/h2*1-13,19H;2*1H;/q;;;;+2/p-2. The maximum atomic E-state index is 10.5. The van der Waals surface area contributed by atoms with E-state index in [1.165, 1.54) is 0 Å². The van der Waals surface area contributed by atoms with Crippen LogP contribution in [0.4, 0.5) is 0 Å². The minimum atomic E-state index is -0.556. The number of hydrogen-bond donors (Lipinski definition) is 2. The molecule has 6 rings (SSSR count). The molecule has 0 aromatic heterocycles. The summed E-state index contributed by atoms with van der Waals surface area (Å²) in [4.78, 5) is 0. The fraction of sp³-hybridized carbons (Fsp3) is 0. The molecule has 0 saturated heterocycles. The van der Waals surface area contributed by atoms with Crippen LogP contribution in [0.25, 0.3) is 44.5 Å². The third kappa shape index (κ3) is 8.13. The van der Waals surface area contributed by atoms with Gasteiger partial charge in [0.2, 0.25) is 0 Å². The second-order valence-electron chi connectivity index (χ2n) is 8.94. The van der Waals surface area contributed by atoms with E-state index in [4.69, 9.17) is 18.6 Å². The zero-order valence-electron chi connectivity index (χ0n) is 22.2. The van der Waals surface area contributed by atoms with Gasteiger partial charge in [-0.3, -0.25) is 0 Å². The second-order valence-corrected chi connectivity index (χ2v) is 11.5. The van der Waals surface area contributed by atoms with E-state index in [1.54, 1.807) is 0 Å². The number of phenolic OH excluding ortho intramolecular Hbond substituents is 2. The molecule has 5 heteroatoms. The first-order chi connectivity index (χ1) is 20.1. The van der Waals surface area contributed by atoms with Crippen LogP contribution in [-0.4, -0.2) is 10.2 Å². The molecule has 41 heavy (non-hydrogen) atoms. The molecule has 2 nitrogen and oxygen atoms in total. The van der Waals surface area contributed by atoms with Crippen molar-refractivity contribution in [3.05, 3.63) is 158 Å². The predicted molar refractivity (Wildman–Crippen MR) is 170 cm³/mol. The van der Waals surface area contributed by atoms with Crippen molar-refractivity contribution in [2.75, 3.05) is 0 Å². The van der Waals surface area contributed by atoms with Gasteiger partial charge in [-0.25, -0.2) is 0 Å². The van der Waals surface area contributed by atoms with Crippen LogP contribution in [0, 0.1) is 0 Å². The van der Waals surface area contributed by atoms with Gasteiger partial charge in [-0.2, -0.15) is 0 Å². The summed E-state index contributed by atoms with van der Waals surface area (Å²) in [6, 6.07) is 51.5. The van der Waals surface area contributed by atoms with Gasteiger partial charge in [0.25, 0.3) is 0 Å². The molecule has 0 heterocycles. The zero-order valence-corrected chi connectivity index (χ0v) is 25.2. The van der Waals surface area contributed by atoms with Gasteiger partial charge < -0.3 is 10.2 Å². The number of para-hydroxylation sites is 2. The van der Waals surface area contributed by atoms with Crippen LogP contribution in [-0.2, 0) is 17.0 Å². The van der Waals surface area contributed by atoms with Crippen LogP contribution >= 0.6 is 18.6 Å². The molecule has 6 aromatic rings. The molecule has 0 radical (unpaired) electrons. The molecule has 0 unspecified atom stereocenters. The number of aromatic hydroxyl groups is 2. The first-order valence-corrected chi connectivity index (χ1v) is 17.3. The summed E-state index contributed by atoms with van der Waals surface area (Å²) < 4.78 is 0. The summed E-state index contributed by atoms with van der Waals surface area (Å²) in [5.74, 6) is 0.666. The molecule has 0 aliphatic heterocycles. The van der Waals surface area contributed by atoms with Gasteiger partial charge in [-0.15, -0.1) is 0 Å². The van der Waals surface area contributed by atoms with Gasteiger partial charge in [0.05, 0.1) is 0 Å². The maximum absolute atomic E-state index is 10.5. The van der Waals surface area contributed by atoms with E-state index in [0.29, 0.717) is 11.5 Å². The van der Waals surface area contributed by atoms with Gasteiger partial charge in [0.1, 0.15) is 11.5 Å². The van der Waals surface area contributed by atoms with Crippen LogP contribution in [0.1, 0.15) is 0 Å². The Kier molecular flexibility index (Phi) is 11.7. The average molecular weight is 611 g/mol. The molecular formula is C36H28Cl2O2Ti. The molecule has 0 atom stereocenters. The van der Waals surface area contributed by atoms with Crippen molar-refractivity contribution >= 4 is 18.6 Å². The van der Waals surface area contributed by atoms with Crippen molar-refractivity contribution in [2.45, 2.75) is 0 Å². The number of halogens is 2. The van der Waals surface area contributed by atoms with Crippen LogP contribution in [0.5, 0.6) is 11.5 Å². The van der Waals surface area contributed by atoms with Crippen LogP contribution in [0.15, 0.2) is 158 Å². The Morgan fingerprint density at radius 3 is 0.707 bits per heavy atom. The van der Waals surface area contributed by atoms with Gasteiger partial charge in [0.15, 0.2) is 0 Å². The normalized spacial score (nSPS) is 9.90. The van der Waals surface area contributed by atoms with Gasteiger partial charge in [-0.1, -0.05) is 158 Å². The molecule has 6 aromatic carbocycles. The Morgan fingerprint density at radius 1 is 0.317 bits per heavy atom. The average Bonchev–Trinajstić information content (AvgIpc) is 3.04. The van der Waals surface area contributed by atoms with Crippen molar-refractivity contribution in [2.24, 2.45) is 0 Å². The molecule has 0 aliphatic carbocycles. The zero-order chi connectivity index (χ0) is 28.9. The molecule has 202 valence electrons. The monoisotopic (exact) mass is 610 g/mol. The third-order valence-electron chi connectivity index (χ3n) is 6.41. The van der Waals surface area contributed by atoms with E-state index in [9.17, 15) is 10.2 Å². The van der Waals surface area contributed by atoms with E-state index >= 15 is 0 Å². The quantitative estimate of drug-likeness (QED) is 0.195. The molecule has 0 bridgehead atoms. The molecule has 0 amide bonds. The molecule has 0 saturated carbocycles. The van der Waals surface area contributed by atoms with Gasteiger partial charge in [-0.05, 0) is 22.3 Å². The minimum absolute atomic E-state index is 0.333. The van der Waals surface area contributed by atoms with Crippen molar-refractivity contribution in [3.63, 3.8) is 0 Å². The Morgan fingerprint density at radius 2 is 0.512 bits per heavy atom. The molecule has 0 aliphatic rings. The van der Waals surface area contributed by atoms with E-state index in [1.807, 2.05) is 158 Å². The summed E-state index contributed by atoms with van der Waals surface area (Å²) in [6.07, 6.45) is 0. The van der Waals surface area contributed by atoms with Crippen molar-refractivity contribution in [1.82, 2.24) is 0 Å². The van der Waals surface area contributed by atoms with Crippen molar-refractivity contribution in [1.29, 1.82) is 0 Å². The molecule has 2 N–H and O–H groups in total. The van der Waals surface area contributed by atoms with Crippen molar-refractivity contribution in [3.8, 4) is 56.0 Å². The van der Waals surface area contributed by atoms with Crippen molar-refractivity contribution < 1.29 is 27.2 Å². The summed E-state index contributed by atoms with van der Waals surface area (Å²) in [7, 11) is 9.78. The second kappa shape index (κ2) is 15.9. The molecular weight excluding hydrogens is 583 g/mol. The Hall–Kier alpha value is -3.79. The van der Waals surface area contributed by atoms with E-state index in [2.05, 4.69) is 0 Å². The topological polar surface area (TPSA) is 40.5 Å². The summed E-state index contributed by atoms with van der Waals surface area (Å²) >= 11 is -0.556. The first kappa shape index (κ1) is 30.2. The van der Waals surface area contributed by atoms with Crippen LogP contribution in [0.3, 0.4) is 0 Å². The Bertz CT molecular complexity index is 1390. The Labute approximate surface area is 258 Å². The van der Waals surface area contributed by atoms with E-state index < -0.39 is 17.0 Å². The van der Waals surface area contributed by atoms with Crippen LogP contribution in [0.2, 0.25) is 0 Å². The fourth-order valence-electron chi connectivity index (χ4n) is 4.49. The van der Waals surface area contributed by atoms with E-state index in [-0.39, 0.29) is 0 Å². The van der Waals surface area contributed by atoms with Gasteiger partial charge in [0, 0.05) is 22.3 Å². The van der Waals surface area contributed by atoms with Crippen LogP contribution < -0.4 is 0 Å². The molecule has 0 spiro atoms. The number of benzene rings is 6. The third-order valence-corrected chi connectivity index (χ3v) is 6.41. The molecule has 0 fully saturated rings. The predicted octanol–water partition coefficient (Wildman–Crippen LogP) is 10.8. The van der Waals surface area contributed by atoms with E-state index in [0.717, 1.165) is 44.5 Å². The SMILES string of the molecule is Oc1c(-c2ccccc2)cccc1-c1ccccc1.Oc1c(-c2ccccc2)cccc1-c1ccccc1.[Cl][Ti][Cl]. The number of phenols is 2. The first-order valence-electron chi connectivity index (χ1n) is 13.0. The fourth-order valence-corrected chi connectivity index (χ4v) is 4.49. The summed E-state index contributed by atoms with van der Waals surface area (Å²) in [5.41, 5.74) is 7.55. The number of rotatable bonds is 4. The summed E-state index contributed by atoms with van der Waals surface area (Å²) in [5, 5.41) is 21.0. The van der Waals surface area contributed by atoms with Gasteiger partial charge >= 0.3 is 35.6 Å². The summed E-state index contributed by atoms with van der Waals surface area (Å²) in [6.45, 7) is 0.